The fourth-order valence-electron chi connectivity index (χ4n) is 4.33. The second-order valence-corrected chi connectivity index (χ2v) is 8.43. The van der Waals surface area contributed by atoms with Gasteiger partial charge in [0.15, 0.2) is 0 Å². The van der Waals surface area contributed by atoms with Crippen LogP contribution in [0.2, 0.25) is 0 Å². The summed E-state index contributed by atoms with van der Waals surface area (Å²) in [5.74, 6) is 0.167. The van der Waals surface area contributed by atoms with Crippen LogP contribution < -0.4 is 0 Å². The van der Waals surface area contributed by atoms with E-state index in [1.165, 1.54) is 28.7 Å². The van der Waals surface area contributed by atoms with Gasteiger partial charge in [0.05, 0.1) is 16.3 Å². The summed E-state index contributed by atoms with van der Waals surface area (Å²) in [4.78, 5) is 20.1. The number of thiazole rings is 1. The Kier molecular flexibility index (Phi) is 4.01. The number of rotatable bonds is 2. The first kappa shape index (κ1) is 16.0. The summed E-state index contributed by atoms with van der Waals surface area (Å²) in [6, 6.07) is 14.7. The van der Waals surface area contributed by atoms with Gasteiger partial charge in [-0.3, -0.25) is 4.79 Å². The highest BCUT2D eigenvalue weighted by Crippen LogP contribution is 2.37. The number of para-hydroxylation sites is 1. The van der Waals surface area contributed by atoms with Crippen molar-refractivity contribution >= 4 is 27.5 Å². The Morgan fingerprint density at radius 2 is 1.88 bits per heavy atom. The lowest BCUT2D eigenvalue weighted by molar-refractivity contribution is 0.0735. The third-order valence-electron chi connectivity index (χ3n) is 5.70. The summed E-state index contributed by atoms with van der Waals surface area (Å²) >= 11 is 1.73. The molecular formula is C22H22N2OS. The van der Waals surface area contributed by atoms with Crippen LogP contribution in [0.5, 0.6) is 0 Å². The predicted molar refractivity (Wildman–Crippen MR) is 106 cm³/mol. The fraction of sp³-hybridized carbons (Fsp3) is 0.364. The van der Waals surface area contributed by atoms with Crippen molar-refractivity contribution in [2.24, 2.45) is 0 Å². The summed E-state index contributed by atoms with van der Waals surface area (Å²) < 4.78 is 1.20. The second-order valence-electron chi connectivity index (χ2n) is 7.37. The van der Waals surface area contributed by atoms with Gasteiger partial charge >= 0.3 is 0 Å². The lowest BCUT2D eigenvalue weighted by atomic mass is 9.90. The minimum absolute atomic E-state index is 0.121. The maximum Gasteiger partial charge on any atom is 0.254 e. The fourth-order valence-corrected chi connectivity index (χ4v) is 5.45. The highest BCUT2D eigenvalue weighted by molar-refractivity contribution is 7.18. The third kappa shape index (κ3) is 2.73. The summed E-state index contributed by atoms with van der Waals surface area (Å²) in [6.45, 7) is 0.830. The minimum atomic E-state index is 0.121. The van der Waals surface area contributed by atoms with E-state index in [1.54, 1.807) is 11.3 Å². The van der Waals surface area contributed by atoms with Crippen LogP contribution in [0.3, 0.4) is 0 Å². The van der Waals surface area contributed by atoms with E-state index in [2.05, 4.69) is 30.3 Å². The van der Waals surface area contributed by atoms with Gasteiger partial charge in [0.1, 0.15) is 5.01 Å². The summed E-state index contributed by atoms with van der Waals surface area (Å²) in [6.07, 6.45) is 6.84. The molecule has 2 aromatic carbocycles. The monoisotopic (exact) mass is 362 g/mol. The smallest absolute Gasteiger partial charge is 0.254 e. The molecule has 1 fully saturated rings. The largest absolute Gasteiger partial charge is 0.329 e. The number of carbonyl (C=O) groups is 1. The number of benzene rings is 2. The van der Waals surface area contributed by atoms with E-state index >= 15 is 0 Å². The number of hydrogen-bond acceptors (Lipinski definition) is 3. The van der Waals surface area contributed by atoms with Crippen LogP contribution >= 0.6 is 11.3 Å². The highest BCUT2D eigenvalue weighted by Gasteiger charge is 2.33. The zero-order valence-corrected chi connectivity index (χ0v) is 15.6. The number of aryl methyl sites for hydroxylation is 2. The standard InChI is InChI=1S/C22H22N2OS/c25-22(17-12-11-15-6-1-2-7-16(15)14-17)24-13-5-9-19(24)21-23-18-8-3-4-10-20(18)26-21/h3-4,8,10-12,14,19H,1-2,5-7,9,13H2/t19-/m0/s1. The van der Waals surface area contributed by atoms with Gasteiger partial charge < -0.3 is 4.90 Å². The molecule has 26 heavy (non-hydrogen) atoms. The van der Waals surface area contributed by atoms with Crippen LogP contribution in [0.15, 0.2) is 42.5 Å². The van der Waals surface area contributed by atoms with Crippen LogP contribution in [0.4, 0.5) is 0 Å². The first-order chi connectivity index (χ1) is 12.8. The molecule has 1 aliphatic carbocycles. The number of fused-ring (bicyclic) bond motifs is 2. The van der Waals surface area contributed by atoms with Gasteiger partial charge in [0.2, 0.25) is 0 Å². The molecule has 4 heteroatoms. The van der Waals surface area contributed by atoms with Gasteiger partial charge in [-0.15, -0.1) is 11.3 Å². The quantitative estimate of drug-likeness (QED) is 0.631. The lowest BCUT2D eigenvalue weighted by Crippen LogP contribution is -2.30. The van der Waals surface area contributed by atoms with Crippen molar-refractivity contribution in [1.82, 2.24) is 9.88 Å². The Bertz CT molecular complexity index is 944. The molecular weight excluding hydrogens is 340 g/mol. The van der Waals surface area contributed by atoms with Crippen molar-refractivity contribution in [3.8, 4) is 0 Å². The molecule has 3 aromatic rings. The van der Waals surface area contributed by atoms with E-state index in [9.17, 15) is 4.79 Å². The maximum absolute atomic E-state index is 13.2. The molecule has 0 N–H and O–H groups in total. The molecule has 1 aliphatic heterocycles. The zero-order chi connectivity index (χ0) is 17.5. The number of hydrogen-bond donors (Lipinski definition) is 0. The first-order valence-corrected chi connectivity index (χ1v) is 10.4. The summed E-state index contributed by atoms with van der Waals surface area (Å²) in [5.41, 5.74) is 4.69. The lowest BCUT2D eigenvalue weighted by Gasteiger charge is -2.24. The van der Waals surface area contributed by atoms with E-state index in [0.717, 1.165) is 48.3 Å². The molecule has 1 aromatic heterocycles. The van der Waals surface area contributed by atoms with Crippen molar-refractivity contribution in [3.63, 3.8) is 0 Å². The van der Waals surface area contributed by atoms with Gasteiger partial charge in [-0.2, -0.15) is 0 Å². The van der Waals surface area contributed by atoms with E-state index in [4.69, 9.17) is 4.98 Å². The Hall–Kier alpha value is -2.20. The topological polar surface area (TPSA) is 33.2 Å². The number of amides is 1. The maximum atomic E-state index is 13.2. The Morgan fingerprint density at radius 1 is 1.04 bits per heavy atom. The molecule has 0 saturated carbocycles. The minimum Gasteiger partial charge on any atom is -0.329 e. The molecule has 3 nitrogen and oxygen atoms in total. The van der Waals surface area contributed by atoms with E-state index in [1.807, 2.05) is 17.0 Å². The summed E-state index contributed by atoms with van der Waals surface area (Å²) in [7, 11) is 0. The van der Waals surface area contributed by atoms with Crippen molar-refractivity contribution in [1.29, 1.82) is 0 Å². The first-order valence-electron chi connectivity index (χ1n) is 9.58. The summed E-state index contributed by atoms with van der Waals surface area (Å²) in [5, 5.41) is 1.08. The van der Waals surface area contributed by atoms with Crippen LogP contribution in [-0.2, 0) is 12.8 Å². The molecule has 0 bridgehead atoms. The van der Waals surface area contributed by atoms with E-state index in [-0.39, 0.29) is 11.9 Å². The van der Waals surface area contributed by atoms with Crippen molar-refractivity contribution in [2.45, 2.75) is 44.6 Å². The molecule has 2 aliphatic rings. The number of nitrogens with zero attached hydrogens (tertiary/aromatic N) is 2. The molecule has 0 radical (unpaired) electrons. The van der Waals surface area contributed by atoms with Crippen molar-refractivity contribution in [2.75, 3.05) is 6.54 Å². The zero-order valence-electron chi connectivity index (χ0n) is 14.8. The molecule has 1 saturated heterocycles. The van der Waals surface area contributed by atoms with Gasteiger partial charge in [-0.25, -0.2) is 4.98 Å². The normalized spacial score (nSPS) is 19.7. The number of carbonyl (C=O) groups excluding carboxylic acids is 1. The van der Waals surface area contributed by atoms with Crippen LogP contribution in [0.1, 0.15) is 58.2 Å². The Morgan fingerprint density at radius 3 is 2.77 bits per heavy atom. The second kappa shape index (κ2) is 6.51. The van der Waals surface area contributed by atoms with E-state index < -0.39 is 0 Å². The Balaban J connectivity index is 1.45. The SMILES string of the molecule is O=C(c1ccc2c(c1)CCCC2)N1CCC[C@H]1c1nc2ccccc2s1. The van der Waals surface area contributed by atoms with Gasteiger partial charge in [-0.05, 0) is 73.9 Å². The van der Waals surface area contributed by atoms with Crippen molar-refractivity contribution < 1.29 is 4.79 Å². The molecule has 0 spiro atoms. The highest BCUT2D eigenvalue weighted by atomic mass is 32.1. The van der Waals surface area contributed by atoms with Gasteiger partial charge in [0.25, 0.3) is 5.91 Å². The van der Waals surface area contributed by atoms with Gasteiger partial charge in [-0.1, -0.05) is 18.2 Å². The number of likely N-dealkylation sites (tertiary alicyclic amines) is 1. The third-order valence-corrected chi connectivity index (χ3v) is 6.84. The molecule has 2 heterocycles. The molecule has 1 atom stereocenters. The molecule has 1 amide bonds. The molecule has 5 rings (SSSR count). The van der Waals surface area contributed by atoms with E-state index in [0.29, 0.717) is 0 Å². The number of aromatic nitrogens is 1. The van der Waals surface area contributed by atoms with Crippen LogP contribution in [0, 0.1) is 0 Å². The van der Waals surface area contributed by atoms with Crippen molar-refractivity contribution in [3.05, 3.63) is 64.2 Å². The van der Waals surface area contributed by atoms with Crippen LogP contribution in [-0.4, -0.2) is 22.3 Å². The van der Waals surface area contributed by atoms with Crippen LogP contribution in [0.25, 0.3) is 10.2 Å². The Labute approximate surface area is 157 Å². The molecule has 132 valence electrons. The average molecular weight is 362 g/mol. The van der Waals surface area contributed by atoms with Gasteiger partial charge in [0, 0.05) is 12.1 Å². The molecule has 0 unspecified atom stereocenters. The average Bonchev–Trinajstić information content (AvgIpc) is 3.33. The predicted octanol–water partition coefficient (Wildman–Crippen LogP) is 5.15.